The van der Waals surface area contributed by atoms with Crippen molar-refractivity contribution in [2.24, 2.45) is 4.99 Å². The number of thiazole rings is 1. The highest BCUT2D eigenvalue weighted by Crippen LogP contribution is 2.34. The number of fused-ring (bicyclic) bond motifs is 1. The van der Waals surface area contributed by atoms with Crippen molar-refractivity contribution in [1.82, 2.24) is 4.57 Å². The topological polar surface area (TPSA) is 79.1 Å². The Labute approximate surface area is 226 Å². The molecule has 0 fully saturated rings. The molecule has 0 amide bonds. The number of halogens is 1. The summed E-state index contributed by atoms with van der Waals surface area (Å²) >= 11 is 3.46. The van der Waals surface area contributed by atoms with Gasteiger partial charge < -0.3 is 14.2 Å². The van der Waals surface area contributed by atoms with Crippen LogP contribution in [-0.2, 0) is 9.53 Å². The summed E-state index contributed by atoms with van der Waals surface area (Å²) in [5.74, 6) is 0.706. The molecule has 1 aromatic heterocycles. The Hall–Kier alpha value is -3.18. The first-order valence-corrected chi connectivity index (χ1v) is 13.1. The maximum Gasteiger partial charge on any atom is 0.338 e. The summed E-state index contributed by atoms with van der Waals surface area (Å²) in [4.78, 5) is 31.8. The molecule has 0 spiro atoms. The van der Waals surface area contributed by atoms with E-state index < -0.39 is 12.0 Å². The number of aromatic nitrogens is 1. The second-order valence-electron chi connectivity index (χ2n) is 7.85. The van der Waals surface area contributed by atoms with E-state index in [1.807, 2.05) is 42.5 Å². The number of ether oxygens (including phenoxy) is 3. The second kappa shape index (κ2) is 11.3. The van der Waals surface area contributed by atoms with Gasteiger partial charge in [-0.15, -0.1) is 0 Å². The van der Waals surface area contributed by atoms with Gasteiger partial charge in [0.05, 0.1) is 39.1 Å². The maximum absolute atomic E-state index is 13.7. The SMILES string of the molecule is C=CCOc1c(I)cc(C=c2sc3n(c2=O)C(c2ccccc2)C(C(=O)OCC)=C(C)N=3)cc1OC. The Balaban J connectivity index is 1.89. The van der Waals surface area contributed by atoms with Crippen LogP contribution in [0.4, 0.5) is 0 Å². The molecule has 9 heteroatoms. The molecule has 1 aliphatic rings. The quantitative estimate of drug-likeness (QED) is 0.218. The van der Waals surface area contributed by atoms with Crippen LogP contribution in [0, 0.1) is 3.57 Å². The zero-order valence-electron chi connectivity index (χ0n) is 20.1. The van der Waals surface area contributed by atoms with Crippen molar-refractivity contribution < 1.29 is 19.0 Å². The van der Waals surface area contributed by atoms with Crippen molar-refractivity contribution in [2.45, 2.75) is 19.9 Å². The van der Waals surface area contributed by atoms with Gasteiger partial charge in [-0.1, -0.05) is 54.3 Å². The van der Waals surface area contributed by atoms with Gasteiger partial charge in [-0.3, -0.25) is 9.36 Å². The number of carbonyl (C=O) groups excluding carboxylic acids is 1. The number of carbonyl (C=O) groups is 1. The van der Waals surface area contributed by atoms with Crippen LogP contribution in [0.2, 0.25) is 0 Å². The van der Waals surface area contributed by atoms with Crippen molar-refractivity contribution >= 4 is 46.0 Å². The molecule has 3 aromatic rings. The zero-order chi connectivity index (χ0) is 25.8. The number of methoxy groups -OCH3 is 1. The number of nitrogens with zero attached hydrogens (tertiary/aromatic N) is 2. The third-order valence-corrected chi connectivity index (χ3v) is 7.31. The van der Waals surface area contributed by atoms with Gasteiger partial charge in [0.1, 0.15) is 6.61 Å². The molecule has 0 N–H and O–H groups in total. The number of esters is 1. The summed E-state index contributed by atoms with van der Waals surface area (Å²) < 4.78 is 19.5. The fourth-order valence-corrected chi connectivity index (χ4v) is 5.83. The standard InChI is InChI=1S/C27H25IN2O5S/c1-5-12-35-24-19(28)13-17(14-20(24)33-4)15-21-25(31)30-23(18-10-8-7-9-11-18)22(26(32)34-6-2)16(3)29-27(30)36-21/h5,7-11,13-15,23H,1,6,12H2,2-4H3. The summed E-state index contributed by atoms with van der Waals surface area (Å²) in [7, 11) is 1.57. The average Bonchev–Trinajstić information content (AvgIpc) is 3.17. The molecule has 4 rings (SSSR count). The first-order valence-electron chi connectivity index (χ1n) is 11.2. The highest BCUT2D eigenvalue weighted by Gasteiger charge is 2.33. The van der Waals surface area contributed by atoms with Gasteiger partial charge in [0.15, 0.2) is 16.3 Å². The Bertz CT molecular complexity index is 1520. The van der Waals surface area contributed by atoms with E-state index in [2.05, 4.69) is 34.2 Å². The summed E-state index contributed by atoms with van der Waals surface area (Å²) in [5, 5.41) is 0. The number of hydrogen-bond donors (Lipinski definition) is 0. The number of hydrogen-bond acceptors (Lipinski definition) is 7. The normalized spacial score (nSPS) is 15.2. The van der Waals surface area contributed by atoms with E-state index in [1.54, 1.807) is 37.7 Å². The largest absolute Gasteiger partial charge is 0.493 e. The number of benzene rings is 2. The summed E-state index contributed by atoms with van der Waals surface area (Å²) in [5.41, 5.74) is 2.26. The lowest BCUT2D eigenvalue weighted by molar-refractivity contribution is -0.139. The molecule has 2 aromatic carbocycles. The predicted octanol–water partition coefficient (Wildman–Crippen LogP) is 3.98. The lowest BCUT2D eigenvalue weighted by Crippen LogP contribution is -2.39. The Kier molecular flexibility index (Phi) is 8.10. The molecule has 0 saturated carbocycles. The molecule has 186 valence electrons. The van der Waals surface area contributed by atoms with Crippen LogP contribution in [0.25, 0.3) is 6.08 Å². The average molecular weight is 616 g/mol. The van der Waals surface area contributed by atoms with Gasteiger partial charge in [0, 0.05) is 0 Å². The first kappa shape index (κ1) is 25.9. The summed E-state index contributed by atoms with van der Waals surface area (Å²) in [6.07, 6.45) is 3.47. The first-order chi connectivity index (χ1) is 17.4. The van der Waals surface area contributed by atoms with E-state index in [-0.39, 0.29) is 12.2 Å². The minimum atomic E-state index is -0.631. The fourth-order valence-electron chi connectivity index (χ4n) is 4.00. The van der Waals surface area contributed by atoms with Crippen molar-refractivity contribution in [2.75, 3.05) is 20.3 Å². The molecular formula is C27H25IN2O5S. The van der Waals surface area contributed by atoms with E-state index in [0.29, 0.717) is 38.7 Å². The van der Waals surface area contributed by atoms with E-state index in [4.69, 9.17) is 14.2 Å². The fraction of sp³-hybridized carbons (Fsp3) is 0.222. The minimum Gasteiger partial charge on any atom is -0.493 e. The van der Waals surface area contributed by atoms with Gasteiger partial charge >= 0.3 is 5.97 Å². The van der Waals surface area contributed by atoms with Crippen LogP contribution >= 0.6 is 33.9 Å². The van der Waals surface area contributed by atoms with Crippen LogP contribution in [0.1, 0.15) is 31.0 Å². The van der Waals surface area contributed by atoms with Crippen LogP contribution in [-0.4, -0.2) is 30.9 Å². The molecule has 7 nitrogen and oxygen atoms in total. The maximum atomic E-state index is 13.7. The molecule has 0 aliphatic carbocycles. The molecular weight excluding hydrogens is 591 g/mol. The molecule has 1 atom stereocenters. The van der Waals surface area contributed by atoms with Crippen molar-refractivity contribution in [3.8, 4) is 11.5 Å². The van der Waals surface area contributed by atoms with Gasteiger partial charge in [0.2, 0.25) is 0 Å². The molecule has 36 heavy (non-hydrogen) atoms. The second-order valence-corrected chi connectivity index (χ2v) is 10.0. The third-order valence-electron chi connectivity index (χ3n) is 5.53. The lowest BCUT2D eigenvalue weighted by Gasteiger charge is -2.24. The molecule has 2 heterocycles. The van der Waals surface area contributed by atoms with E-state index in [0.717, 1.165) is 14.7 Å². The Morgan fingerprint density at radius 1 is 1.28 bits per heavy atom. The van der Waals surface area contributed by atoms with E-state index in [1.165, 1.54) is 11.3 Å². The monoisotopic (exact) mass is 616 g/mol. The summed E-state index contributed by atoms with van der Waals surface area (Å²) in [6.45, 7) is 7.79. The predicted molar refractivity (Wildman–Crippen MR) is 148 cm³/mol. The molecule has 0 saturated heterocycles. The number of rotatable bonds is 8. The Morgan fingerprint density at radius 3 is 2.69 bits per heavy atom. The van der Waals surface area contributed by atoms with Crippen molar-refractivity contribution in [3.63, 3.8) is 0 Å². The molecule has 0 radical (unpaired) electrons. The third kappa shape index (κ3) is 5.03. The molecule has 0 bridgehead atoms. The van der Waals surface area contributed by atoms with Crippen molar-refractivity contribution in [1.29, 1.82) is 0 Å². The van der Waals surface area contributed by atoms with Gasteiger partial charge in [0.25, 0.3) is 5.56 Å². The van der Waals surface area contributed by atoms with E-state index in [9.17, 15) is 9.59 Å². The van der Waals surface area contributed by atoms with Gasteiger partial charge in [-0.05, 0) is 65.8 Å². The van der Waals surface area contributed by atoms with Crippen molar-refractivity contribution in [3.05, 3.63) is 101 Å². The van der Waals surface area contributed by atoms with Gasteiger partial charge in [-0.2, -0.15) is 0 Å². The molecule has 1 unspecified atom stereocenters. The Morgan fingerprint density at radius 2 is 2.03 bits per heavy atom. The summed E-state index contributed by atoms with van der Waals surface area (Å²) in [6, 6.07) is 12.6. The van der Waals surface area contributed by atoms with Crippen LogP contribution < -0.4 is 24.4 Å². The lowest BCUT2D eigenvalue weighted by atomic mass is 9.96. The van der Waals surface area contributed by atoms with Crippen LogP contribution in [0.3, 0.4) is 0 Å². The highest BCUT2D eigenvalue weighted by atomic mass is 127. The van der Waals surface area contributed by atoms with E-state index >= 15 is 0 Å². The number of allylic oxidation sites excluding steroid dienone is 1. The highest BCUT2D eigenvalue weighted by molar-refractivity contribution is 14.1. The van der Waals surface area contributed by atoms with Crippen LogP contribution in [0.5, 0.6) is 11.5 Å². The zero-order valence-corrected chi connectivity index (χ0v) is 23.1. The smallest absolute Gasteiger partial charge is 0.338 e. The van der Waals surface area contributed by atoms with Gasteiger partial charge in [-0.25, -0.2) is 9.79 Å². The molecule has 1 aliphatic heterocycles. The van der Waals surface area contributed by atoms with Crippen LogP contribution in [0.15, 0.2) is 76.2 Å². The minimum absolute atomic E-state index is 0.231.